The molecule has 0 unspecified atom stereocenters. The highest BCUT2D eigenvalue weighted by atomic mass is 19.1. The Morgan fingerprint density at radius 3 is 2.92 bits per heavy atom. The molecule has 24 heavy (non-hydrogen) atoms. The summed E-state index contributed by atoms with van der Waals surface area (Å²) >= 11 is 0. The van der Waals surface area contributed by atoms with Gasteiger partial charge in [-0.2, -0.15) is 4.98 Å². The van der Waals surface area contributed by atoms with Gasteiger partial charge in [0, 0.05) is 30.7 Å². The van der Waals surface area contributed by atoms with Crippen LogP contribution >= 0.6 is 0 Å². The summed E-state index contributed by atoms with van der Waals surface area (Å²) in [5.41, 5.74) is 0.755. The summed E-state index contributed by atoms with van der Waals surface area (Å²) in [6.45, 7) is 3.85. The maximum atomic E-state index is 13.5. The zero-order chi connectivity index (χ0) is 16.9. The summed E-state index contributed by atoms with van der Waals surface area (Å²) in [7, 11) is 1.57. The number of hydrogen-bond donors (Lipinski definition) is 1. The highest BCUT2D eigenvalue weighted by Gasteiger charge is 2.22. The summed E-state index contributed by atoms with van der Waals surface area (Å²) in [6.07, 6.45) is 1.82. The van der Waals surface area contributed by atoms with Crippen molar-refractivity contribution in [3.05, 3.63) is 41.3 Å². The second kappa shape index (κ2) is 7.72. The second-order valence-electron chi connectivity index (χ2n) is 5.92. The third kappa shape index (κ3) is 3.91. The molecule has 0 radical (unpaired) electrons. The Hall–Kier alpha value is -1.99. The lowest BCUT2D eigenvalue weighted by Gasteiger charge is -2.18. The van der Waals surface area contributed by atoms with Gasteiger partial charge in [0.05, 0.1) is 13.7 Å². The second-order valence-corrected chi connectivity index (χ2v) is 5.92. The molecular formula is C17H22FN3O3. The Morgan fingerprint density at radius 2 is 2.17 bits per heavy atom. The molecule has 6 nitrogen and oxygen atoms in total. The van der Waals surface area contributed by atoms with Crippen LogP contribution in [0.2, 0.25) is 0 Å². The molecule has 1 N–H and O–H groups in total. The van der Waals surface area contributed by atoms with Gasteiger partial charge in [-0.3, -0.25) is 0 Å². The van der Waals surface area contributed by atoms with E-state index in [1.807, 2.05) is 6.92 Å². The first-order valence-electron chi connectivity index (χ1n) is 8.14. The Labute approximate surface area is 140 Å². The van der Waals surface area contributed by atoms with Gasteiger partial charge in [-0.05, 0) is 38.0 Å². The third-order valence-corrected chi connectivity index (χ3v) is 4.28. The minimum atomic E-state index is -0.291. The number of rotatable bonds is 6. The van der Waals surface area contributed by atoms with E-state index in [1.165, 1.54) is 12.1 Å². The zero-order valence-electron chi connectivity index (χ0n) is 13.9. The fourth-order valence-corrected chi connectivity index (χ4v) is 2.85. The lowest BCUT2D eigenvalue weighted by atomic mass is 10.0. The molecule has 1 aromatic carbocycles. The Bertz CT molecular complexity index is 671. The average molecular weight is 335 g/mol. The normalized spacial score (nSPS) is 17.0. The molecule has 2 aromatic rings. The van der Waals surface area contributed by atoms with Gasteiger partial charge >= 0.3 is 0 Å². The van der Waals surface area contributed by atoms with Gasteiger partial charge in [0.1, 0.15) is 11.6 Å². The minimum absolute atomic E-state index is 0.110. The summed E-state index contributed by atoms with van der Waals surface area (Å²) in [5, 5.41) is 7.30. The van der Waals surface area contributed by atoms with Gasteiger partial charge in [0.2, 0.25) is 5.89 Å². The van der Waals surface area contributed by atoms with Crippen molar-refractivity contribution in [1.29, 1.82) is 0 Å². The first-order valence-corrected chi connectivity index (χ1v) is 8.14. The molecule has 7 heteroatoms. The lowest BCUT2D eigenvalue weighted by molar-refractivity contribution is 0.0778. The number of hydrogen-bond acceptors (Lipinski definition) is 6. The van der Waals surface area contributed by atoms with E-state index in [0.717, 1.165) is 31.6 Å². The molecule has 1 saturated heterocycles. The van der Waals surface area contributed by atoms with Crippen LogP contribution in [0.15, 0.2) is 22.7 Å². The highest BCUT2D eigenvalue weighted by Crippen LogP contribution is 2.27. The smallest absolute Gasteiger partial charge is 0.229 e. The quantitative estimate of drug-likeness (QED) is 0.875. The van der Waals surface area contributed by atoms with E-state index in [-0.39, 0.29) is 17.8 Å². The Kier molecular flexibility index (Phi) is 5.42. The topological polar surface area (TPSA) is 69.4 Å². The average Bonchev–Trinajstić information content (AvgIpc) is 3.09. The number of halogens is 1. The molecule has 1 aromatic heterocycles. The molecule has 1 atom stereocenters. The summed E-state index contributed by atoms with van der Waals surface area (Å²) < 4.78 is 29.5. The van der Waals surface area contributed by atoms with Crippen molar-refractivity contribution in [2.75, 3.05) is 20.3 Å². The fraction of sp³-hybridized carbons (Fsp3) is 0.529. The van der Waals surface area contributed by atoms with Gasteiger partial charge in [-0.15, -0.1) is 0 Å². The van der Waals surface area contributed by atoms with Crippen molar-refractivity contribution in [2.45, 2.75) is 38.3 Å². The van der Waals surface area contributed by atoms with Crippen LogP contribution in [0.1, 0.15) is 49.0 Å². The van der Waals surface area contributed by atoms with Crippen LogP contribution in [-0.4, -0.2) is 30.5 Å². The van der Waals surface area contributed by atoms with E-state index >= 15 is 0 Å². The fourth-order valence-electron chi connectivity index (χ4n) is 2.85. The van der Waals surface area contributed by atoms with Crippen LogP contribution in [0, 0.1) is 5.82 Å². The predicted molar refractivity (Wildman–Crippen MR) is 85.3 cm³/mol. The number of nitrogens with one attached hydrogen (secondary N) is 1. The SMILES string of the molecule is COc1ccc(F)cc1[C@H](C)NCc1noc(C2CCOCC2)n1. The van der Waals surface area contributed by atoms with E-state index in [9.17, 15) is 4.39 Å². The molecule has 0 bridgehead atoms. The van der Waals surface area contributed by atoms with E-state index in [0.29, 0.717) is 24.0 Å². The van der Waals surface area contributed by atoms with Crippen molar-refractivity contribution in [2.24, 2.45) is 0 Å². The van der Waals surface area contributed by atoms with Gasteiger partial charge < -0.3 is 19.3 Å². The molecule has 1 fully saturated rings. The van der Waals surface area contributed by atoms with Gasteiger partial charge in [0.15, 0.2) is 5.82 Å². The van der Waals surface area contributed by atoms with Crippen LogP contribution < -0.4 is 10.1 Å². The molecule has 0 aliphatic carbocycles. The van der Waals surface area contributed by atoms with Crippen LogP contribution in [0.4, 0.5) is 4.39 Å². The highest BCUT2D eigenvalue weighted by molar-refractivity contribution is 5.36. The molecule has 0 amide bonds. The molecule has 3 rings (SSSR count). The van der Waals surface area contributed by atoms with E-state index < -0.39 is 0 Å². The molecule has 0 saturated carbocycles. The Balaban J connectivity index is 1.61. The molecule has 0 spiro atoms. The first kappa shape index (κ1) is 16.9. The zero-order valence-corrected chi connectivity index (χ0v) is 13.9. The number of methoxy groups -OCH3 is 1. The van der Waals surface area contributed by atoms with Crippen molar-refractivity contribution >= 4 is 0 Å². The molecule has 2 heterocycles. The molecular weight excluding hydrogens is 313 g/mol. The van der Waals surface area contributed by atoms with Crippen molar-refractivity contribution in [3.63, 3.8) is 0 Å². The van der Waals surface area contributed by atoms with Crippen LogP contribution in [0.5, 0.6) is 5.75 Å². The van der Waals surface area contributed by atoms with Crippen LogP contribution in [0.25, 0.3) is 0 Å². The van der Waals surface area contributed by atoms with E-state index in [1.54, 1.807) is 13.2 Å². The van der Waals surface area contributed by atoms with Crippen LogP contribution in [-0.2, 0) is 11.3 Å². The standard InChI is InChI=1S/C17H22FN3O3/c1-11(14-9-13(18)3-4-15(14)22-2)19-10-16-20-17(24-21-16)12-5-7-23-8-6-12/h3-4,9,11-12,19H,5-8,10H2,1-2H3/t11-/m0/s1. The van der Waals surface area contributed by atoms with Crippen molar-refractivity contribution in [1.82, 2.24) is 15.5 Å². The number of nitrogens with zero attached hydrogens (tertiary/aromatic N) is 2. The maximum absolute atomic E-state index is 13.5. The summed E-state index contributed by atoms with van der Waals surface area (Å²) in [5.74, 6) is 1.90. The largest absolute Gasteiger partial charge is 0.496 e. The predicted octanol–water partition coefficient (Wildman–Crippen LogP) is 2.96. The van der Waals surface area contributed by atoms with Crippen molar-refractivity contribution < 1.29 is 18.4 Å². The third-order valence-electron chi connectivity index (χ3n) is 4.28. The van der Waals surface area contributed by atoms with E-state index in [4.69, 9.17) is 14.0 Å². The summed E-state index contributed by atoms with van der Waals surface area (Å²) in [4.78, 5) is 4.46. The number of aromatic nitrogens is 2. The van der Waals surface area contributed by atoms with Crippen molar-refractivity contribution in [3.8, 4) is 5.75 Å². The molecule has 1 aliphatic heterocycles. The Morgan fingerprint density at radius 1 is 1.38 bits per heavy atom. The van der Waals surface area contributed by atoms with Gasteiger partial charge in [-0.1, -0.05) is 5.16 Å². The molecule has 130 valence electrons. The maximum Gasteiger partial charge on any atom is 0.229 e. The monoisotopic (exact) mass is 335 g/mol. The van der Waals surface area contributed by atoms with Gasteiger partial charge in [0.25, 0.3) is 0 Å². The lowest BCUT2D eigenvalue weighted by Crippen LogP contribution is -2.20. The number of benzene rings is 1. The molecule has 1 aliphatic rings. The summed E-state index contributed by atoms with van der Waals surface area (Å²) in [6, 6.07) is 4.37. The first-order chi connectivity index (χ1) is 11.7. The number of ether oxygens (including phenoxy) is 2. The van der Waals surface area contributed by atoms with Crippen LogP contribution in [0.3, 0.4) is 0 Å². The minimum Gasteiger partial charge on any atom is -0.496 e. The van der Waals surface area contributed by atoms with E-state index in [2.05, 4.69) is 15.5 Å². The van der Waals surface area contributed by atoms with Gasteiger partial charge in [-0.25, -0.2) is 4.39 Å².